The number of furan rings is 1. The van der Waals surface area contributed by atoms with Gasteiger partial charge in [-0.1, -0.05) is 18.2 Å². The summed E-state index contributed by atoms with van der Waals surface area (Å²) in [6, 6.07) is 12.0. The summed E-state index contributed by atoms with van der Waals surface area (Å²) in [4.78, 5) is 37.8. The smallest absolute Gasteiger partial charge is 0.330 e. The molecule has 9 heteroatoms. The Balaban J connectivity index is 1.42. The second-order valence-electron chi connectivity index (χ2n) is 6.26. The highest BCUT2D eigenvalue weighted by atomic mass is 32.2. The molecule has 2 aromatic rings. The van der Waals surface area contributed by atoms with E-state index in [1.54, 1.807) is 12.1 Å². The van der Waals surface area contributed by atoms with Crippen LogP contribution in [-0.2, 0) is 19.1 Å². The number of carbonyl (C=O) groups is 3. The molecule has 29 heavy (non-hydrogen) atoms. The van der Waals surface area contributed by atoms with Crippen molar-refractivity contribution < 1.29 is 28.3 Å². The van der Waals surface area contributed by atoms with E-state index in [4.69, 9.17) is 13.9 Å². The van der Waals surface area contributed by atoms with E-state index in [-0.39, 0.29) is 17.8 Å². The van der Waals surface area contributed by atoms with Crippen molar-refractivity contribution in [3.8, 4) is 5.75 Å². The molecule has 2 heterocycles. The van der Waals surface area contributed by atoms with Gasteiger partial charge in [0.1, 0.15) is 29.5 Å². The van der Waals surface area contributed by atoms with Gasteiger partial charge in [-0.15, -0.1) is 11.8 Å². The Morgan fingerprint density at radius 2 is 2.00 bits per heavy atom. The number of para-hydroxylation sites is 1. The summed E-state index contributed by atoms with van der Waals surface area (Å²) in [7, 11) is 0. The van der Waals surface area contributed by atoms with E-state index >= 15 is 0 Å². The summed E-state index contributed by atoms with van der Waals surface area (Å²) >= 11 is 1.42. The van der Waals surface area contributed by atoms with E-state index < -0.39 is 24.5 Å². The van der Waals surface area contributed by atoms with Crippen molar-refractivity contribution in [3.63, 3.8) is 0 Å². The van der Waals surface area contributed by atoms with Gasteiger partial charge < -0.3 is 24.1 Å². The lowest BCUT2D eigenvalue weighted by atomic mass is 10.2. The third-order valence-electron chi connectivity index (χ3n) is 4.20. The molecular formula is C20H22N2O6S. The van der Waals surface area contributed by atoms with Crippen molar-refractivity contribution >= 4 is 29.5 Å². The van der Waals surface area contributed by atoms with Crippen molar-refractivity contribution in [1.29, 1.82) is 0 Å². The van der Waals surface area contributed by atoms with Gasteiger partial charge in [-0.3, -0.25) is 9.59 Å². The zero-order valence-corrected chi connectivity index (χ0v) is 16.7. The molecule has 1 aromatic heterocycles. The zero-order valence-electron chi connectivity index (χ0n) is 15.9. The van der Waals surface area contributed by atoms with Crippen molar-refractivity contribution in [2.24, 2.45) is 0 Å². The van der Waals surface area contributed by atoms with Crippen LogP contribution in [0.4, 0.5) is 0 Å². The minimum atomic E-state index is -0.762. The zero-order chi connectivity index (χ0) is 20.6. The van der Waals surface area contributed by atoms with Crippen LogP contribution >= 0.6 is 11.8 Å². The highest BCUT2D eigenvalue weighted by molar-refractivity contribution is 7.99. The van der Waals surface area contributed by atoms with E-state index in [9.17, 15) is 14.4 Å². The highest BCUT2D eigenvalue weighted by Crippen LogP contribution is 2.41. The normalized spacial score (nSPS) is 18.3. The number of thioether (sulfide) groups is 1. The van der Waals surface area contributed by atoms with E-state index in [0.717, 1.165) is 0 Å². The Morgan fingerprint density at radius 1 is 1.21 bits per heavy atom. The van der Waals surface area contributed by atoms with E-state index in [1.807, 2.05) is 30.3 Å². The molecule has 0 saturated carbocycles. The third-order valence-corrected chi connectivity index (χ3v) is 5.49. The molecule has 1 fully saturated rings. The number of benzene rings is 1. The molecule has 0 aliphatic carbocycles. The molecule has 2 atom stereocenters. The molecule has 1 aliphatic heterocycles. The number of nitrogens with zero attached hydrogens (tertiary/aromatic N) is 1. The molecule has 0 radical (unpaired) electrons. The van der Waals surface area contributed by atoms with Crippen LogP contribution in [0.2, 0.25) is 0 Å². The van der Waals surface area contributed by atoms with E-state index in [0.29, 0.717) is 23.9 Å². The molecule has 1 aromatic carbocycles. The first-order valence-corrected chi connectivity index (χ1v) is 10.2. The second kappa shape index (κ2) is 10.0. The number of hydrogen-bond acceptors (Lipinski definition) is 7. The van der Waals surface area contributed by atoms with Gasteiger partial charge in [-0.05, 0) is 24.3 Å². The lowest BCUT2D eigenvalue weighted by molar-refractivity contribution is -0.156. The van der Waals surface area contributed by atoms with Crippen molar-refractivity contribution in [3.05, 3.63) is 54.5 Å². The summed E-state index contributed by atoms with van der Waals surface area (Å²) in [5, 5.41) is 2.24. The van der Waals surface area contributed by atoms with Crippen molar-refractivity contribution in [2.75, 3.05) is 25.5 Å². The van der Waals surface area contributed by atoms with Crippen molar-refractivity contribution in [2.45, 2.75) is 18.3 Å². The van der Waals surface area contributed by atoms with Gasteiger partial charge in [0.05, 0.1) is 12.8 Å². The monoisotopic (exact) mass is 418 g/mol. The predicted molar refractivity (Wildman–Crippen MR) is 106 cm³/mol. The Bertz CT molecular complexity index is 827. The summed E-state index contributed by atoms with van der Waals surface area (Å²) in [6.45, 7) is 1.56. The molecule has 0 unspecified atom stereocenters. The second-order valence-corrected chi connectivity index (χ2v) is 7.38. The topological polar surface area (TPSA) is 98.1 Å². The number of rotatable bonds is 8. The first-order valence-electron chi connectivity index (χ1n) is 9.11. The van der Waals surface area contributed by atoms with Crippen LogP contribution in [-0.4, -0.2) is 54.2 Å². The fourth-order valence-corrected chi connectivity index (χ4v) is 4.30. The molecule has 3 rings (SSSR count). The fraction of sp³-hybridized carbons (Fsp3) is 0.350. The molecule has 2 amide bonds. The molecule has 154 valence electrons. The quantitative estimate of drug-likeness (QED) is 0.517. The third kappa shape index (κ3) is 5.54. The minimum Gasteiger partial charge on any atom is -0.492 e. The number of amides is 2. The van der Waals surface area contributed by atoms with Crippen LogP contribution in [0.5, 0.6) is 5.75 Å². The van der Waals surface area contributed by atoms with Gasteiger partial charge in [0, 0.05) is 12.7 Å². The molecule has 0 spiro atoms. The Kier molecular flexibility index (Phi) is 7.18. The molecular weight excluding hydrogens is 396 g/mol. The lowest BCUT2D eigenvalue weighted by Crippen LogP contribution is -2.43. The molecule has 1 saturated heterocycles. The summed E-state index contributed by atoms with van der Waals surface area (Å²) in [6.07, 6.45) is 1.52. The van der Waals surface area contributed by atoms with Crippen LogP contribution in [0.15, 0.2) is 53.1 Å². The van der Waals surface area contributed by atoms with E-state index in [2.05, 4.69) is 5.32 Å². The Labute approximate surface area is 172 Å². The minimum absolute atomic E-state index is 0.263. The van der Waals surface area contributed by atoms with Crippen LogP contribution in [0.1, 0.15) is 18.1 Å². The SMILES string of the molecule is CC(=O)N1[C@@H](c2ccco2)SC[C@H]1C(=O)OCC(=O)NCCOc1ccccc1. The molecule has 8 nitrogen and oxygen atoms in total. The highest BCUT2D eigenvalue weighted by Gasteiger charge is 2.43. The maximum atomic E-state index is 12.4. The van der Waals surface area contributed by atoms with Gasteiger partial charge in [-0.25, -0.2) is 4.79 Å². The van der Waals surface area contributed by atoms with Gasteiger partial charge >= 0.3 is 5.97 Å². The molecule has 1 N–H and O–H groups in total. The largest absolute Gasteiger partial charge is 0.492 e. The lowest BCUT2D eigenvalue weighted by Gasteiger charge is -2.25. The molecule has 0 bridgehead atoms. The first-order chi connectivity index (χ1) is 14.1. The van der Waals surface area contributed by atoms with Gasteiger partial charge in [-0.2, -0.15) is 0 Å². The summed E-state index contributed by atoms with van der Waals surface area (Å²) in [5.41, 5.74) is 0. The predicted octanol–water partition coefficient (Wildman–Crippen LogP) is 1.98. The fourth-order valence-electron chi connectivity index (χ4n) is 2.88. The van der Waals surface area contributed by atoms with Crippen LogP contribution in [0.3, 0.4) is 0 Å². The first kappa shape index (κ1) is 20.8. The van der Waals surface area contributed by atoms with Crippen LogP contribution < -0.4 is 10.1 Å². The Morgan fingerprint density at radius 3 is 2.69 bits per heavy atom. The van der Waals surface area contributed by atoms with E-state index in [1.165, 1.54) is 29.8 Å². The summed E-state index contributed by atoms with van der Waals surface area (Å²) in [5.74, 6) is 0.367. The number of carbonyl (C=O) groups excluding carboxylic acids is 3. The van der Waals surface area contributed by atoms with Gasteiger partial charge in [0.25, 0.3) is 5.91 Å². The summed E-state index contributed by atoms with van der Waals surface area (Å²) < 4.78 is 16.0. The number of ether oxygens (including phenoxy) is 2. The average molecular weight is 418 g/mol. The maximum absolute atomic E-state index is 12.4. The molecule has 1 aliphatic rings. The maximum Gasteiger partial charge on any atom is 0.330 e. The number of esters is 1. The standard InChI is InChI=1S/C20H22N2O6S/c1-14(23)22-16(13-29-19(22)17-8-5-10-27-17)20(25)28-12-18(24)21-9-11-26-15-6-3-2-4-7-15/h2-8,10,16,19H,9,11-13H2,1H3,(H,21,24)/t16-,19+/m0/s1. The van der Waals surface area contributed by atoms with Crippen LogP contribution in [0, 0.1) is 0 Å². The van der Waals surface area contributed by atoms with Crippen LogP contribution in [0.25, 0.3) is 0 Å². The van der Waals surface area contributed by atoms with Crippen molar-refractivity contribution in [1.82, 2.24) is 10.2 Å². The Hall–Kier alpha value is -2.94. The number of hydrogen-bond donors (Lipinski definition) is 1. The van der Waals surface area contributed by atoms with Gasteiger partial charge in [0.15, 0.2) is 6.61 Å². The number of nitrogens with one attached hydrogen (secondary N) is 1. The average Bonchev–Trinajstić information content (AvgIpc) is 3.39. The van der Waals surface area contributed by atoms with Gasteiger partial charge in [0.2, 0.25) is 5.91 Å².